The molecule has 0 N–H and O–H groups in total. The fourth-order valence-corrected chi connectivity index (χ4v) is 7.17. The molecule has 0 heterocycles. The van der Waals surface area contributed by atoms with Crippen LogP contribution in [0.15, 0.2) is 114 Å². The van der Waals surface area contributed by atoms with Crippen LogP contribution >= 0.6 is 27.5 Å². The maximum absolute atomic E-state index is 9.82. The van der Waals surface area contributed by atoms with Crippen molar-refractivity contribution in [1.82, 2.24) is 0 Å². The average Bonchev–Trinajstić information content (AvgIpc) is 3.35. The molecule has 2 nitrogen and oxygen atoms in total. The lowest BCUT2D eigenvalue weighted by molar-refractivity contribution is 1.48. The molecular formula is C38H18BrClN2. The highest BCUT2D eigenvalue weighted by Crippen LogP contribution is 2.59. The molecule has 0 unspecified atom stereocenters. The third kappa shape index (κ3) is 3.49. The first-order valence-electron chi connectivity index (χ1n) is 13.5. The molecule has 0 amide bonds. The largest absolute Gasteiger partial charge is 0.238 e. The Morgan fingerprint density at radius 1 is 0.643 bits per heavy atom. The molecule has 4 heteroatoms. The van der Waals surface area contributed by atoms with Crippen LogP contribution in [0.25, 0.3) is 81.7 Å². The Morgan fingerprint density at radius 2 is 1.33 bits per heavy atom. The van der Waals surface area contributed by atoms with Crippen LogP contribution in [0.2, 0.25) is 5.02 Å². The number of nitriles is 1. The van der Waals surface area contributed by atoms with E-state index >= 15 is 0 Å². The number of hydrogen-bond donors (Lipinski definition) is 0. The zero-order chi connectivity index (χ0) is 28.5. The predicted molar refractivity (Wildman–Crippen MR) is 178 cm³/mol. The van der Waals surface area contributed by atoms with Gasteiger partial charge in [0.05, 0.1) is 23.2 Å². The second-order valence-corrected chi connectivity index (χ2v) is 11.8. The van der Waals surface area contributed by atoms with E-state index in [1.165, 1.54) is 27.1 Å². The number of halogens is 2. The molecule has 8 rings (SSSR count). The van der Waals surface area contributed by atoms with Crippen LogP contribution in [-0.4, -0.2) is 0 Å². The van der Waals surface area contributed by atoms with Crippen LogP contribution in [0.4, 0.5) is 5.69 Å². The normalized spacial score (nSPS) is 11.5. The monoisotopic (exact) mass is 616 g/mol. The van der Waals surface area contributed by atoms with Gasteiger partial charge in [-0.2, -0.15) is 5.26 Å². The molecule has 0 spiro atoms. The van der Waals surface area contributed by atoms with Crippen LogP contribution in [0.1, 0.15) is 5.56 Å². The van der Waals surface area contributed by atoms with E-state index in [1.807, 2.05) is 42.5 Å². The third-order valence-electron chi connectivity index (χ3n) is 8.32. The molecule has 194 valence electrons. The van der Waals surface area contributed by atoms with Crippen molar-refractivity contribution in [2.24, 2.45) is 0 Å². The lowest BCUT2D eigenvalue weighted by Crippen LogP contribution is -1.94. The van der Waals surface area contributed by atoms with Gasteiger partial charge >= 0.3 is 0 Å². The lowest BCUT2D eigenvalue weighted by Gasteiger charge is -2.21. The lowest BCUT2D eigenvalue weighted by atomic mass is 9.82. The van der Waals surface area contributed by atoms with E-state index in [-0.39, 0.29) is 0 Å². The van der Waals surface area contributed by atoms with E-state index in [9.17, 15) is 5.26 Å². The maximum Gasteiger partial charge on any atom is 0.187 e. The molecule has 42 heavy (non-hydrogen) atoms. The predicted octanol–water partition coefficient (Wildman–Crippen LogP) is 12.0. The first-order chi connectivity index (χ1) is 20.6. The van der Waals surface area contributed by atoms with Gasteiger partial charge in [0.15, 0.2) is 5.69 Å². The molecular weight excluding hydrogens is 600 g/mol. The first kappa shape index (κ1) is 24.8. The molecule has 0 bridgehead atoms. The zero-order valence-corrected chi connectivity index (χ0v) is 24.4. The third-order valence-corrected chi connectivity index (χ3v) is 9.51. The molecule has 0 saturated carbocycles. The summed E-state index contributed by atoms with van der Waals surface area (Å²) in [6, 6.07) is 39.5. The van der Waals surface area contributed by atoms with Gasteiger partial charge in [0.1, 0.15) is 0 Å². The van der Waals surface area contributed by atoms with Gasteiger partial charge in [-0.05, 0) is 129 Å². The fourth-order valence-electron chi connectivity index (χ4n) is 6.66. The molecule has 0 fully saturated rings. The second kappa shape index (κ2) is 9.30. The van der Waals surface area contributed by atoms with E-state index < -0.39 is 0 Å². The Labute approximate surface area is 256 Å². The summed E-state index contributed by atoms with van der Waals surface area (Å²) in [5.41, 5.74) is 9.82. The highest BCUT2D eigenvalue weighted by atomic mass is 79.9. The molecule has 1 aliphatic carbocycles. The van der Waals surface area contributed by atoms with Crippen molar-refractivity contribution in [3.63, 3.8) is 0 Å². The maximum atomic E-state index is 9.82. The minimum absolute atomic E-state index is 0.586. The van der Waals surface area contributed by atoms with Crippen LogP contribution in [0, 0.1) is 17.9 Å². The molecule has 1 aliphatic rings. The molecule has 7 aromatic rings. The molecule has 0 aliphatic heterocycles. The van der Waals surface area contributed by atoms with Crippen LogP contribution in [-0.2, 0) is 0 Å². The summed E-state index contributed by atoms with van der Waals surface area (Å²) >= 11 is 10.5. The van der Waals surface area contributed by atoms with Gasteiger partial charge in [0.2, 0.25) is 0 Å². The Morgan fingerprint density at radius 3 is 2.14 bits per heavy atom. The van der Waals surface area contributed by atoms with Gasteiger partial charge in [-0.15, -0.1) is 0 Å². The number of benzene rings is 7. The Bertz CT molecular complexity index is 2410. The summed E-state index contributed by atoms with van der Waals surface area (Å²) in [7, 11) is 0. The van der Waals surface area contributed by atoms with E-state index in [0.29, 0.717) is 16.3 Å². The van der Waals surface area contributed by atoms with Crippen molar-refractivity contribution < 1.29 is 0 Å². The van der Waals surface area contributed by atoms with Gasteiger partial charge in [0, 0.05) is 4.47 Å². The van der Waals surface area contributed by atoms with Crippen LogP contribution in [0.3, 0.4) is 0 Å². The molecule has 0 atom stereocenters. The van der Waals surface area contributed by atoms with Gasteiger partial charge in [-0.3, -0.25) is 0 Å². The number of rotatable bonds is 2. The van der Waals surface area contributed by atoms with Crippen molar-refractivity contribution in [2.45, 2.75) is 0 Å². The van der Waals surface area contributed by atoms with Gasteiger partial charge in [-0.1, -0.05) is 84.4 Å². The quantitative estimate of drug-likeness (QED) is 0.140. The summed E-state index contributed by atoms with van der Waals surface area (Å²) in [5, 5.41) is 17.3. The minimum Gasteiger partial charge on any atom is -0.238 e. The van der Waals surface area contributed by atoms with Crippen molar-refractivity contribution in [2.75, 3.05) is 0 Å². The Balaban J connectivity index is 1.67. The van der Waals surface area contributed by atoms with Crippen molar-refractivity contribution in [1.29, 1.82) is 5.26 Å². The number of fused-ring (bicyclic) bond motifs is 6. The van der Waals surface area contributed by atoms with E-state index in [2.05, 4.69) is 93.6 Å². The van der Waals surface area contributed by atoms with Crippen molar-refractivity contribution in [3.05, 3.63) is 136 Å². The average molecular weight is 618 g/mol. The summed E-state index contributed by atoms with van der Waals surface area (Å²) < 4.78 is 0.800. The Kier molecular flexibility index (Phi) is 5.50. The van der Waals surface area contributed by atoms with Gasteiger partial charge in [-0.25, -0.2) is 4.85 Å². The zero-order valence-electron chi connectivity index (χ0n) is 22.0. The number of hydrogen-bond acceptors (Lipinski definition) is 1. The number of nitrogens with zero attached hydrogens (tertiary/aromatic N) is 2. The minimum atomic E-state index is 0.586. The standard InChI is InChI=1S/C38H18BrClN2/c1-42-25-11-5-10-24(16-25)35-30-19-33(40)32(39)18-29(30)34(23-9-4-7-21(15-23)20-41)38-31-17-22-8-2-3-12-26(22)27-13-6-14-28(36(27)31)37(35)38/h2-19H. The second-order valence-electron chi connectivity index (χ2n) is 10.5. The van der Waals surface area contributed by atoms with Gasteiger partial charge < -0.3 is 0 Å². The Hall–Kier alpha value is -4.93. The molecule has 0 saturated heterocycles. The first-order valence-corrected chi connectivity index (χ1v) is 14.7. The summed E-state index contributed by atoms with van der Waals surface area (Å²) in [4.78, 5) is 3.75. The summed E-state index contributed by atoms with van der Waals surface area (Å²) in [6.45, 7) is 7.72. The smallest absolute Gasteiger partial charge is 0.187 e. The summed E-state index contributed by atoms with van der Waals surface area (Å²) in [5.74, 6) is 0. The summed E-state index contributed by atoms with van der Waals surface area (Å²) in [6.07, 6.45) is 0. The van der Waals surface area contributed by atoms with E-state index in [0.717, 1.165) is 54.2 Å². The van der Waals surface area contributed by atoms with Crippen LogP contribution in [0.5, 0.6) is 0 Å². The van der Waals surface area contributed by atoms with Gasteiger partial charge in [0.25, 0.3) is 0 Å². The topological polar surface area (TPSA) is 28.1 Å². The van der Waals surface area contributed by atoms with E-state index in [1.54, 1.807) is 0 Å². The highest BCUT2D eigenvalue weighted by Gasteiger charge is 2.31. The highest BCUT2D eigenvalue weighted by molar-refractivity contribution is 9.10. The van der Waals surface area contributed by atoms with Crippen LogP contribution < -0.4 is 0 Å². The molecule has 0 radical (unpaired) electrons. The van der Waals surface area contributed by atoms with Crippen molar-refractivity contribution >= 4 is 65.5 Å². The SMILES string of the molecule is [C-]#[N+]c1cccc(-c2c3c(c(-c4cccc(C#N)c4)c4cc(Br)c(Cl)cc24)-c2cc4ccccc4c4cccc-3c24)c1. The molecule has 0 aromatic heterocycles. The van der Waals surface area contributed by atoms with Crippen molar-refractivity contribution in [3.8, 4) is 50.6 Å². The molecule has 7 aromatic carbocycles. The fraction of sp³-hybridized carbons (Fsp3) is 0. The van der Waals surface area contributed by atoms with E-state index in [4.69, 9.17) is 18.2 Å².